The first-order valence-electron chi connectivity index (χ1n) is 10.6. The zero-order valence-electron chi connectivity index (χ0n) is 18.9. The molecule has 29 heavy (non-hydrogen) atoms. The molecule has 3 heterocycles. The van der Waals surface area contributed by atoms with Crippen LogP contribution in [-0.2, 0) is 0 Å². The molecule has 0 amide bonds. The number of aromatic nitrogens is 2. The van der Waals surface area contributed by atoms with E-state index in [1.807, 2.05) is 96.3 Å². The molecule has 0 saturated heterocycles. The molecule has 2 aromatic heterocycles. The summed E-state index contributed by atoms with van der Waals surface area (Å²) in [4.78, 5) is 17.2. The predicted octanol–water partition coefficient (Wildman–Crippen LogP) is 5.74. The number of Topliss-reactive ketones (excluding diaryl/α,β-unsaturated/α-hetero) is 1. The van der Waals surface area contributed by atoms with Gasteiger partial charge in [0, 0.05) is 17.5 Å². The maximum absolute atomic E-state index is 12.6. The number of carbonyl (C=O) groups excluding carboxylic acids is 1. The summed E-state index contributed by atoms with van der Waals surface area (Å²) in [6.45, 7) is 15.9. The number of aryl methyl sites for hydroxylation is 2. The molecule has 0 radical (unpaired) electrons. The van der Waals surface area contributed by atoms with Crippen LogP contribution in [0.1, 0.15) is 74.9 Å². The largest absolute Gasteiger partial charge is 0.382 e. The van der Waals surface area contributed by atoms with Crippen molar-refractivity contribution in [2.45, 2.75) is 67.5 Å². The van der Waals surface area contributed by atoms with Gasteiger partial charge in [0.1, 0.15) is 6.10 Å². The number of ketones is 1. The molecule has 5 nitrogen and oxygen atoms in total. The lowest BCUT2D eigenvalue weighted by Gasteiger charge is -2.31. The van der Waals surface area contributed by atoms with Crippen LogP contribution in [0.3, 0.4) is 0 Å². The molecule has 0 bridgehead atoms. The van der Waals surface area contributed by atoms with Crippen molar-refractivity contribution < 1.29 is 9.90 Å². The highest BCUT2D eigenvalue weighted by Crippen LogP contribution is 2.35. The maximum Gasteiger partial charge on any atom is 0.196 e. The Kier molecular flexibility index (Phi) is 9.56. The minimum atomic E-state index is -1.11. The van der Waals surface area contributed by atoms with Crippen molar-refractivity contribution in [1.82, 2.24) is 9.38 Å². The molecule has 2 N–H and O–H groups in total. The number of rotatable bonds is 1. The molecule has 1 aromatic carbocycles. The minimum Gasteiger partial charge on any atom is -0.382 e. The summed E-state index contributed by atoms with van der Waals surface area (Å²) in [6.07, 6.45) is 0.725. The third-order valence-electron chi connectivity index (χ3n) is 4.58. The number of anilines is 1. The van der Waals surface area contributed by atoms with E-state index in [4.69, 9.17) is 0 Å². The van der Waals surface area contributed by atoms with Crippen molar-refractivity contribution in [3.63, 3.8) is 0 Å². The zero-order valence-corrected chi connectivity index (χ0v) is 18.9. The van der Waals surface area contributed by atoms with Crippen LogP contribution in [0.2, 0.25) is 0 Å². The van der Waals surface area contributed by atoms with E-state index >= 15 is 0 Å². The van der Waals surface area contributed by atoms with E-state index in [0.717, 1.165) is 22.6 Å². The lowest BCUT2D eigenvalue weighted by atomic mass is 9.90. The van der Waals surface area contributed by atoms with Crippen molar-refractivity contribution in [3.8, 4) is 0 Å². The van der Waals surface area contributed by atoms with Gasteiger partial charge in [0.15, 0.2) is 11.4 Å². The van der Waals surface area contributed by atoms with Crippen LogP contribution in [0.5, 0.6) is 0 Å². The van der Waals surface area contributed by atoms with Gasteiger partial charge in [-0.2, -0.15) is 0 Å². The zero-order chi connectivity index (χ0) is 22.1. The normalized spacial score (nSPS) is 16.8. The average molecular weight is 398 g/mol. The molecule has 1 aliphatic heterocycles. The first-order valence-corrected chi connectivity index (χ1v) is 10.6. The van der Waals surface area contributed by atoms with E-state index in [9.17, 15) is 9.90 Å². The maximum atomic E-state index is 12.6. The third-order valence-corrected chi connectivity index (χ3v) is 4.58. The van der Waals surface area contributed by atoms with Crippen molar-refractivity contribution >= 4 is 17.1 Å². The van der Waals surface area contributed by atoms with Crippen molar-refractivity contribution in [2.24, 2.45) is 0 Å². The van der Waals surface area contributed by atoms with Crippen LogP contribution >= 0.6 is 0 Å². The number of pyridine rings is 1. The van der Waals surface area contributed by atoms with Crippen molar-refractivity contribution in [1.29, 1.82) is 0 Å². The number of hydrogen-bond donors (Lipinski definition) is 2. The molecule has 0 aliphatic carbocycles. The number of hydrogen-bond acceptors (Lipinski definition) is 4. The average Bonchev–Trinajstić information content (AvgIpc) is 3.09. The Bertz CT molecular complexity index is 917. The number of imidazole rings is 1. The predicted molar refractivity (Wildman–Crippen MR) is 122 cm³/mol. The topological polar surface area (TPSA) is 66.6 Å². The summed E-state index contributed by atoms with van der Waals surface area (Å²) in [5.74, 6) is -0.270. The van der Waals surface area contributed by atoms with Gasteiger partial charge < -0.3 is 14.8 Å². The molecule has 158 valence electrons. The first kappa shape index (κ1) is 24.4. The standard InChI is InChI=1S/C18H17N3O2.3C2H6/c1-10-11(2)21-9-8-13-15(18(21)19-10)20-14(17(23)16(13)22)12-6-4-3-5-7-12;3*1-2/h3-9,14,17,20,23H,1-2H3;3*1-2H3. The van der Waals surface area contributed by atoms with Gasteiger partial charge in [-0.1, -0.05) is 71.9 Å². The molecule has 0 saturated carbocycles. The lowest BCUT2D eigenvalue weighted by molar-refractivity contribution is 0.0695. The van der Waals surface area contributed by atoms with E-state index in [1.54, 1.807) is 6.07 Å². The first-order chi connectivity index (χ1) is 14.1. The fourth-order valence-corrected chi connectivity index (χ4v) is 3.16. The summed E-state index contributed by atoms with van der Waals surface area (Å²) in [5, 5.41) is 13.8. The molecule has 2 atom stereocenters. The number of aliphatic hydroxyl groups excluding tert-OH is 1. The highest BCUT2D eigenvalue weighted by Gasteiger charge is 2.36. The molecule has 2 unspecified atom stereocenters. The van der Waals surface area contributed by atoms with Gasteiger partial charge in [0.2, 0.25) is 0 Å². The van der Waals surface area contributed by atoms with Gasteiger partial charge >= 0.3 is 0 Å². The quantitative estimate of drug-likeness (QED) is 0.549. The Morgan fingerprint density at radius 2 is 1.55 bits per heavy atom. The summed E-state index contributed by atoms with van der Waals surface area (Å²) in [5.41, 5.74) is 4.74. The molecule has 0 spiro atoms. The second kappa shape index (κ2) is 11.4. The van der Waals surface area contributed by atoms with Crippen LogP contribution in [0, 0.1) is 13.8 Å². The molecule has 3 aromatic rings. The molecule has 0 fully saturated rings. The Labute approximate surface area is 174 Å². The molecule has 5 heteroatoms. The van der Waals surface area contributed by atoms with Gasteiger partial charge in [-0.15, -0.1) is 0 Å². The molecular weight excluding hydrogens is 362 g/mol. The minimum absolute atomic E-state index is 0.270. The van der Waals surface area contributed by atoms with Crippen molar-refractivity contribution in [2.75, 3.05) is 5.32 Å². The monoisotopic (exact) mass is 397 g/mol. The number of aliphatic hydroxyl groups is 1. The van der Waals surface area contributed by atoms with Gasteiger partial charge in [0.05, 0.1) is 17.4 Å². The van der Waals surface area contributed by atoms with Crippen LogP contribution in [-0.4, -0.2) is 26.4 Å². The molecule has 4 rings (SSSR count). The Hall–Kier alpha value is -2.66. The Balaban J connectivity index is 0.000000644. The Morgan fingerprint density at radius 3 is 2.14 bits per heavy atom. The number of benzene rings is 1. The highest BCUT2D eigenvalue weighted by molar-refractivity contribution is 6.09. The van der Waals surface area contributed by atoms with E-state index in [-0.39, 0.29) is 5.78 Å². The lowest BCUT2D eigenvalue weighted by Crippen LogP contribution is -2.38. The van der Waals surface area contributed by atoms with E-state index < -0.39 is 12.1 Å². The summed E-state index contributed by atoms with van der Waals surface area (Å²) in [6, 6.07) is 10.8. The van der Waals surface area contributed by atoms with Gasteiger partial charge in [0.25, 0.3) is 0 Å². The van der Waals surface area contributed by atoms with E-state index in [0.29, 0.717) is 11.3 Å². The van der Waals surface area contributed by atoms with E-state index in [1.165, 1.54) is 0 Å². The van der Waals surface area contributed by atoms with E-state index in [2.05, 4.69) is 10.3 Å². The fourth-order valence-electron chi connectivity index (χ4n) is 3.16. The SMILES string of the molecule is CC.CC.CC.Cc1nc2c3c(ccn2c1C)C(=O)C(O)C(c1ccccc1)N3. The van der Waals surface area contributed by atoms with Crippen LogP contribution in [0.15, 0.2) is 42.6 Å². The number of nitrogens with one attached hydrogen (secondary N) is 1. The van der Waals surface area contributed by atoms with Gasteiger partial charge in [-0.3, -0.25) is 4.79 Å². The van der Waals surface area contributed by atoms with Crippen LogP contribution < -0.4 is 5.32 Å². The smallest absolute Gasteiger partial charge is 0.196 e. The third kappa shape index (κ3) is 4.67. The summed E-state index contributed by atoms with van der Waals surface area (Å²) >= 11 is 0. The number of fused-ring (bicyclic) bond motifs is 3. The van der Waals surface area contributed by atoms with Gasteiger partial charge in [-0.25, -0.2) is 4.98 Å². The second-order valence-electron chi connectivity index (χ2n) is 5.92. The van der Waals surface area contributed by atoms with Crippen LogP contribution in [0.4, 0.5) is 5.69 Å². The molecular formula is C24H35N3O2. The van der Waals surface area contributed by atoms with Gasteiger partial charge in [-0.05, 0) is 25.5 Å². The fraction of sp³-hybridized carbons (Fsp3) is 0.417. The molecule has 1 aliphatic rings. The Morgan fingerprint density at radius 1 is 0.966 bits per heavy atom. The highest BCUT2D eigenvalue weighted by atomic mass is 16.3. The van der Waals surface area contributed by atoms with Crippen molar-refractivity contribution in [3.05, 3.63) is 65.1 Å². The summed E-state index contributed by atoms with van der Waals surface area (Å²) in [7, 11) is 0. The summed E-state index contributed by atoms with van der Waals surface area (Å²) < 4.78 is 1.97. The number of nitrogens with zero attached hydrogens (tertiary/aromatic N) is 2. The second-order valence-corrected chi connectivity index (χ2v) is 5.92. The number of carbonyl (C=O) groups is 1. The van der Waals surface area contributed by atoms with Crippen LogP contribution in [0.25, 0.3) is 5.65 Å².